The highest BCUT2D eigenvalue weighted by Gasteiger charge is 2.17. The van der Waals surface area contributed by atoms with Gasteiger partial charge in [0.2, 0.25) is 5.82 Å². The maximum absolute atomic E-state index is 11.0. The third-order valence-electron chi connectivity index (χ3n) is 4.44. The number of carbonyl (C=O) groups is 1. The molecule has 1 heterocycles. The molecule has 0 unspecified atom stereocenters. The number of nitrogens with zero attached hydrogens (tertiary/aromatic N) is 3. The molecule has 0 saturated carbocycles. The van der Waals surface area contributed by atoms with Gasteiger partial charge in [0.25, 0.3) is 5.89 Å². The highest BCUT2D eigenvalue weighted by atomic mass is 35.5. The predicted octanol–water partition coefficient (Wildman–Crippen LogP) is 3.67. The molecule has 3 rings (SSSR count). The van der Waals surface area contributed by atoms with Gasteiger partial charge in [0.1, 0.15) is 17.9 Å². The van der Waals surface area contributed by atoms with Crippen LogP contribution in [0.15, 0.2) is 40.9 Å². The SMILES string of the molecule is CC(C)Oc1ccc(-c2nc(-c3ccc(CN[C@@H](CO)C(=O)O)cc3Cl)no2)cc1C#N.Cl. The molecule has 0 radical (unpaired) electrons. The fraction of sp³-hybridized carbons (Fsp3) is 0.273. The number of halogens is 2. The standard InChI is InChI=1S/C22H21ClN4O5.ClH/c1-12(2)31-19-6-4-14(8-15(19)9-24)21-26-20(27-32-21)16-5-3-13(7-17(16)23)10-25-18(11-28)22(29)30;/h3-8,12,18,25,28H,10-11H2,1-2H3,(H,29,30);1H/t18-;/m0./s1. The Morgan fingerprint density at radius 3 is 2.67 bits per heavy atom. The molecule has 9 nitrogen and oxygen atoms in total. The van der Waals surface area contributed by atoms with Gasteiger partial charge in [-0.25, -0.2) is 0 Å². The van der Waals surface area contributed by atoms with E-state index in [0.717, 1.165) is 5.56 Å². The number of nitrogens with one attached hydrogen (secondary N) is 1. The number of hydrogen-bond acceptors (Lipinski definition) is 8. The highest BCUT2D eigenvalue weighted by Crippen LogP contribution is 2.30. The molecular weight excluding hydrogens is 471 g/mol. The molecule has 0 spiro atoms. The number of aliphatic carboxylic acids is 1. The summed E-state index contributed by atoms with van der Waals surface area (Å²) in [6, 6.07) is 11.2. The second-order valence-electron chi connectivity index (χ2n) is 7.18. The van der Waals surface area contributed by atoms with Crippen LogP contribution >= 0.6 is 24.0 Å². The first-order chi connectivity index (χ1) is 15.3. The van der Waals surface area contributed by atoms with Crippen molar-refractivity contribution in [2.75, 3.05) is 6.61 Å². The van der Waals surface area contributed by atoms with Crippen LogP contribution in [-0.2, 0) is 11.3 Å². The number of aromatic nitrogens is 2. The van der Waals surface area contributed by atoms with Crippen LogP contribution in [0.2, 0.25) is 5.02 Å². The van der Waals surface area contributed by atoms with Crippen molar-refractivity contribution in [1.82, 2.24) is 15.5 Å². The number of carboxylic acids is 1. The summed E-state index contributed by atoms with van der Waals surface area (Å²) < 4.78 is 11.0. The summed E-state index contributed by atoms with van der Waals surface area (Å²) in [5.41, 5.74) is 2.18. The monoisotopic (exact) mass is 492 g/mol. The quantitative estimate of drug-likeness (QED) is 0.407. The molecule has 0 aliphatic heterocycles. The van der Waals surface area contributed by atoms with E-state index in [1.807, 2.05) is 13.8 Å². The smallest absolute Gasteiger partial charge is 0.323 e. The Bertz CT molecular complexity index is 1160. The summed E-state index contributed by atoms with van der Waals surface area (Å²) in [6.07, 6.45) is -0.0677. The van der Waals surface area contributed by atoms with Gasteiger partial charge in [-0.1, -0.05) is 22.8 Å². The average molecular weight is 493 g/mol. The lowest BCUT2D eigenvalue weighted by atomic mass is 10.1. The zero-order valence-electron chi connectivity index (χ0n) is 17.8. The molecule has 3 aromatic rings. The van der Waals surface area contributed by atoms with Crippen molar-refractivity contribution in [1.29, 1.82) is 5.26 Å². The van der Waals surface area contributed by atoms with Crippen molar-refractivity contribution < 1.29 is 24.3 Å². The fourth-order valence-electron chi connectivity index (χ4n) is 2.88. The summed E-state index contributed by atoms with van der Waals surface area (Å²) in [4.78, 5) is 15.4. The Balaban J connectivity index is 0.00000385. The Hall–Kier alpha value is -3.16. The van der Waals surface area contributed by atoms with E-state index >= 15 is 0 Å². The highest BCUT2D eigenvalue weighted by molar-refractivity contribution is 6.33. The van der Waals surface area contributed by atoms with E-state index in [9.17, 15) is 10.1 Å². The zero-order chi connectivity index (χ0) is 23.3. The molecule has 33 heavy (non-hydrogen) atoms. The molecular formula is C22H22Cl2N4O5. The first-order valence-electron chi connectivity index (χ1n) is 9.73. The summed E-state index contributed by atoms with van der Waals surface area (Å²) >= 11 is 6.37. The maximum Gasteiger partial charge on any atom is 0.323 e. The largest absolute Gasteiger partial charge is 0.490 e. The number of aliphatic hydroxyl groups is 1. The van der Waals surface area contributed by atoms with Crippen molar-refractivity contribution in [3.63, 3.8) is 0 Å². The molecule has 0 amide bonds. The molecule has 3 N–H and O–H groups in total. The number of benzene rings is 2. The lowest BCUT2D eigenvalue weighted by Crippen LogP contribution is -2.39. The third kappa shape index (κ3) is 6.43. The number of rotatable bonds is 9. The number of hydrogen-bond donors (Lipinski definition) is 3. The van der Waals surface area contributed by atoms with Crippen LogP contribution < -0.4 is 10.1 Å². The third-order valence-corrected chi connectivity index (χ3v) is 4.76. The van der Waals surface area contributed by atoms with Gasteiger partial charge in [0, 0.05) is 17.7 Å². The van der Waals surface area contributed by atoms with E-state index in [2.05, 4.69) is 21.5 Å². The van der Waals surface area contributed by atoms with Gasteiger partial charge in [0.05, 0.1) is 23.3 Å². The Kier molecular flexibility index (Phi) is 9.20. The van der Waals surface area contributed by atoms with E-state index in [4.69, 9.17) is 31.1 Å². The molecule has 0 bridgehead atoms. The van der Waals surface area contributed by atoms with E-state index in [1.54, 1.807) is 36.4 Å². The lowest BCUT2D eigenvalue weighted by molar-refractivity contribution is -0.140. The van der Waals surface area contributed by atoms with Gasteiger partial charge < -0.3 is 19.5 Å². The number of ether oxygens (including phenoxy) is 1. The predicted molar refractivity (Wildman–Crippen MR) is 123 cm³/mol. The number of aliphatic hydroxyl groups excluding tert-OH is 1. The molecule has 0 saturated heterocycles. The van der Waals surface area contributed by atoms with Crippen LogP contribution in [0.5, 0.6) is 5.75 Å². The van der Waals surface area contributed by atoms with Crippen LogP contribution in [0.25, 0.3) is 22.8 Å². The Morgan fingerprint density at radius 2 is 2.06 bits per heavy atom. The molecule has 0 fully saturated rings. The normalized spacial score (nSPS) is 11.5. The molecule has 0 aliphatic carbocycles. The summed E-state index contributed by atoms with van der Waals surface area (Å²) in [6.45, 7) is 3.44. The van der Waals surface area contributed by atoms with Crippen molar-refractivity contribution in [3.8, 4) is 34.7 Å². The molecule has 2 aromatic carbocycles. The van der Waals surface area contributed by atoms with Crippen molar-refractivity contribution in [2.45, 2.75) is 32.5 Å². The number of carboxylic acid groups (broad SMARTS) is 1. The van der Waals surface area contributed by atoms with E-state index in [0.29, 0.717) is 27.5 Å². The molecule has 1 atom stereocenters. The fourth-order valence-corrected chi connectivity index (χ4v) is 3.17. The first-order valence-corrected chi connectivity index (χ1v) is 10.1. The number of nitriles is 1. The van der Waals surface area contributed by atoms with Crippen molar-refractivity contribution >= 4 is 30.0 Å². The summed E-state index contributed by atoms with van der Waals surface area (Å²) in [5, 5.41) is 34.5. The molecule has 174 valence electrons. The average Bonchev–Trinajstić information content (AvgIpc) is 3.24. The minimum Gasteiger partial charge on any atom is -0.490 e. The minimum absolute atomic E-state index is 0. The lowest BCUT2D eigenvalue weighted by Gasteiger charge is -2.12. The van der Waals surface area contributed by atoms with Crippen LogP contribution in [0.3, 0.4) is 0 Å². The van der Waals surface area contributed by atoms with Crippen LogP contribution in [0.4, 0.5) is 0 Å². The van der Waals surface area contributed by atoms with Crippen LogP contribution in [-0.4, -0.2) is 45.1 Å². The minimum atomic E-state index is -1.14. The Labute approximate surface area is 201 Å². The van der Waals surface area contributed by atoms with Crippen molar-refractivity contribution in [2.24, 2.45) is 0 Å². The van der Waals surface area contributed by atoms with Gasteiger partial charge in [-0.05, 0) is 49.7 Å². The molecule has 11 heteroatoms. The van der Waals surface area contributed by atoms with Crippen molar-refractivity contribution in [3.05, 3.63) is 52.5 Å². The van der Waals surface area contributed by atoms with E-state index < -0.39 is 18.6 Å². The summed E-state index contributed by atoms with van der Waals surface area (Å²) in [5.74, 6) is -0.173. The van der Waals surface area contributed by atoms with Crippen LogP contribution in [0.1, 0.15) is 25.0 Å². The van der Waals surface area contributed by atoms with Crippen LogP contribution in [0, 0.1) is 11.3 Å². The van der Waals surface area contributed by atoms with Gasteiger partial charge in [-0.15, -0.1) is 12.4 Å². The molecule has 1 aromatic heterocycles. The first kappa shape index (κ1) is 26.1. The zero-order valence-corrected chi connectivity index (χ0v) is 19.4. The van der Waals surface area contributed by atoms with Gasteiger partial charge in [-0.2, -0.15) is 10.2 Å². The summed E-state index contributed by atoms with van der Waals surface area (Å²) in [7, 11) is 0. The topological polar surface area (TPSA) is 142 Å². The van der Waals surface area contributed by atoms with Gasteiger partial charge in [-0.3, -0.25) is 10.1 Å². The second kappa shape index (κ2) is 11.6. The Morgan fingerprint density at radius 1 is 1.30 bits per heavy atom. The second-order valence-corrected chi connectivity index (χ2v) is 7.59. The maximum atomic E-state index is 11.0. The van der Waals surface area contributed by atoms with E-state index in [-0.39, 0.29) is 36.8 Å². The van der Waals surface area contributed by atoms with Gasteiger partial charge >= 0.3 is 5.97 Å². The molecule has 0 aliphatic rings. The van der Waals surface area contributed by atoms with Gasteiger partial charge in [0.15, 0.2) is 0 Å². The van der Waals surface area contributed by atoms with E-state index in [1.165, 1.54) is 0 Å².